The Morgan fingerprint density at radius 3 is 2.69 bits per heavy atom. The van der Waals surface area contributed by atoms with Gasteiger partial charge >= 0.3 is 6.18 Å². The zero-order chi connectivity index (χ0) is 21.4. The van der Waals surface area contributed by atoms with Crippen LogP contribution in [0.5, 0.6) is 0 Å². The van der Waals surface area contributed by atoms with Crippen molar-refractivity contribution >= 4 is 23.2 Å². The lowest BCUT2D eigenvalue weighted by atomic mass is 10.1. The number of carbonyl (C=O) groups is 1. The third kappa shape index (κ3) is 7.37. The minimum atomic E-state index is -4.40. The fourth-order valence-electron chi connectivity index (χ4n) is 2.32. The molecule has 2 rings (SSSR count). The number of aliphatic imine (C=N–C) groups is 1. The minimum Gasteiger partial charge on any atom is -0.356 e. The summed E-state index contributed by atoms with van der Waals surface area (Å²) < 4.78 is 38.7. The molecule has 6 nitrogen and oxygen atoms in total. The first-order valence-electron chi connectivity index (χ1n) is 8.94. The van der Waals surface area contributed by atoms with Gasteiger partial charge in [-0.05, 0) is 17.7 Å². The van der Waals surface area contributed by atoms with Gasteiger partial charge in [0.2, 0.25) is 5.91 Å². The number of aromatic nitrogens is 1. The number of rotatable bonds is 7. The highest BCUT2D eigenvalue weighted by atomic mass is 32.1. The number of hydrogen-bond donors (Lipinski definition) is 2. The molecule has 0 spiro atoms. The minimum absolute atomic E-state index is 0.0209. The van der Waals surface area contributed by atoms with Crippen LogP contribution in [0.3, 0.4) is 0 Å². The highest BCUT2D eigenvalue weighted by Crippen LogP contribution is 2.29. The lowest BCUT2D eigenvalue weighted by Crippen LogP contribution is -2.43. The molecule has 10 heteroatoms. The number of hydrogen-bond acceptors (Lipinski definition) is 4. The third-order valence-corrected chi connectivity index (χ3v) is 5.04. The topological polar surface area (TPSA) is 69.6 Å². The van der Waals surface area contributed by atoms with Crippen LogP contribution in [0.4, 0.5) is 13.2 Å². The molecular weight excluding hydrogens is 403 g/mol. The average Bonchev–Trinajstić information content (AvgIpc) is 3.21. The van der Waals surface area contributed by atoms with Gasteiger partial charge in [-0.25, -0.2) is 9.98 Å². The smallest absolute Gasteiger partial charge is 0.356 e. The van der Waals surface area contributed by atoms with Gasteiger partial charge in [0.05, 0.1) is 23.7 Å². The van der Waals surface area contributed by atoms with Crippen LogP contribution in [0.15, 0.2) is 40.8 Å². The summed E-state index contributed by atoms with van der Waals surface area (Å²) >= 11 is 1.54. The van der Waals surface area contributed by atoms with Crippen LogP contribution >= 0.6 is 11.3 Å². The summed E-state index contributed by atoms with van der Waals surface area (Å²) in [7, 11) is 3.28. The van der Waals surface area contributed by atoms with Crippen molar-refractivity contribution in [3.8, 4) is 0 Å². The van der Waals surface area contributed by atoms with E-state index >= 15 is 0 Å². The molecule has 0 aliphatic carbocycles. The highest BCUT2D eigenvalue weighted by molar-refractivity contribution is 7.09. The first-order valence-corrected chi connectivity index (χ1v) is 9.82. The number of carbonyl (C=O) groups excluding carboxylic acids is 1. The number of nitrogens with one attached hydrogen (secondary N) is 2. The van der Waals surface area contributed by atoms with Gasteiger partial charge < -0.3 is 15.5 Å². The Labute approximate surface area is 171 Å². The van der Waals surface area contributed by atoms with E-state index in [-0.39, 0.29) is 24.9 Å². The van der Waals surface area contributed by atoms with Crippen molar-refractivity contribution in [1.29, 1.82) is 0 Å². The molecule has 29 heavy (non-hydrogen) atoms. The maximum absolute atomic E-state index is 12.9. The van der Waals surface area contributed by atoms with Crippen molar-refractivity contribution in [3.05, 3.63) is 52.0 Å². The predicted octanol–water partition coefficient (Wildman–Crippen LogP) is 3.09. The third-order valence-electron chi connectivity index (χ3n) is 4.03. The Morgan fingerprint density at radius 2 is 2.07 bits per heavy atom. The second kappa shape index (κ2) is 10.2. The molecule has 0 aliphatic rings. The van der Waals surface area contributed by atoms with Gasteiger partial charge in [0, 0.05) is 38.1 Å². The number of thiazole rings is 1. The summed E-state index contributed by atoms with van der Waals surface area (Å²) in [6.07, 6.45) is -2.67. The molecule has 2 aromatic rings. The molecule has 0 aliphatic heterocycles. The lowest BCUT2D eigenvalue weighted by molar-refractivity contribution is -0.137. The van der Waals surface area contributed by atoms with Crippen LogP contribution in [0.2, 0.25) is 0 Å². The standard InChI is InChI=1S/C19H24F3N5OS/c1-13(17-23-7-8-29-17)10-24-18(26-12-16(28)27(2)3)25-11-14-5-4-6-15(9-14)19(20,21)22/h4-9,13H,10-12H2,1-3H3,(H2,24,25,26). The highest BCUT2D eigenvalue weighted by Gasteiger charge is 2.30. The lowest BCUT2D eigenvalue weighted by Gasteiger charge is -2.17. The van der Waals surface area contributed by atoms with E-state index in [2.05, 4.69) is 20.6 Å². The molecule has 1 amide bonds. The molecule has 0 fully saturated rings. The average molecular weight is 427 g/mol. The van der Waals surface area contributed by atoms with Gasteiger partial charge in [-0.1, -0.05) is 19.1 Å². The number of nitrogens with zero attached hydrogens (tertiary/aromatic N) is 3. The number of likely N-dealkylation sites (N-methyl/N-ethyl adjacent to an activating group) is 1. The Kier molecular flexibility index (Phi) is 8.00. The van der Waals surface area contributed by atoms with E-state index in [0.29, 0.717) is 18.1 Å². The molecule has 0 saturated carbocycles. The van der Waals surface area contributed by atoms with E-state index < -0.39 is 11.7 Å². The Hall–Kier alpha value is -2.62. The number of amides is 1. The van der Waals surface area contributed by atoms with E-state index in [1.807, 2.05) is 12.3 Å². The zero-order valence-electron chi connectivity index (χ0n) is 16.5. The van der Waals surface area contributed by atoms with Crippen molar-refractivity contribution < 1.29 is 18.0 Å². The molecule has 0 bridgehead atoms. The summed E-state index contributed by atoms with van der Waals surface area (Å²) in [5, 5.41) is 8.90. The number of guanidine groups is 1. The van der Waals surface area contributed by atoms with E-state index in [0.717, 1.165) is 17.1 Å². The number of halogens is 3. The summed E-state index contributed by atoms with van der Waals surface area (Å²) in [6.45, 7) is 2.58. The van der Waals surface area contributed by atoms with Gasteiger partial charge in [0.1, 0.15) is 0 Å². The summed E-state index contributed by atoms with van der Waals surface area (Å²) in [5.41, 5.74) is -0.291. The van der Waals surface area contributed by atoms with Crippen LogP contribution in [-0.4, -0.2) is 48.9 Å². The number of alkyl halides is 3. The van der Waals surface area contributed by atoms with Gasteiger partial charge in [0.15, 0.2) is 5.96 Å². The Bertz CT molecular complexity index is 822. The zero-order valence-corrected chi connectivity index (χ0v) is 17.3. The van der Waals surface area contributed by atoms with E-state index in [4.69, 9.17) is 0 Å². The first kappa shape index (κ1) is 22.7. The Morgan fingerprint density at radius 1 is 1.31 bits per heavy atom. The molecule has 1 heterocycles. The molecule has 2 N–H and O–H groups in total. The van der Waals surface area contributed by atoms with Crippen molar-refractivity contribution in [2.24, 2.45) is 4.99 Å². The van der Waals surface area contributed by atoms with Crippen LogP contribution in [0.1, 0.15) is 29.0 Å². The quantitative estimate of drug-likeness (QED) is 0.526. The summed E-state index contributed by atoms with van der Waals surface area (Å²) in [5.74, 6) is 0.313. The maximum Gasteiger partial charge on any atom is 0.416 e. The SMILES string of the molecule is CC(CNC(=NCc1cccc(C(F)(F)F)c1)NCC(=O)N(C)C)c1nccs1. The molecule has 0 saturated heterocycles. The molecule has 1 atom stereocenters. The van der Waals surface area contributed by atoms with Gasteiger partial charge in [-0.2, -0.15) is 13.2 Å². The molecular formula is C19H24F3N5OS. The fraction of sp³-hybridized carbons (Fsp3) is 0.421. The molecule has 1 unspecified atom stereocenters. The molecule has 0 radical (unpaired) electrons. The molecule has 1 aromatic carbocycles. The molecule has 158 valence electrons. The monoisotopic (exact) mass is 427 g/mol. The predicted molar refractivity (Wildman–Crippen MR) is 108 cm³/mol. The van der Waals surface area contributed by atoms with Crippen molar-refractivity contribution in [2.75, 3.05) is 27.2 Å². The first-order chi connectivity index (χ1) is 13.7. The van der Waals surface area contributed by atoms with Gasteiger partial charge in [0.25, 0.3) is 0 Å². The van der Waals surface area contributed by atoms with Crippen LogP contribution in [0.25, 0.3) is 0 Å². The molecule has 1 aromatic heterocycles. The van der Waals surface area contributed by atoms with Crippen molar-refractivity contribution in [2.45, 2.75) is 25.6 Å². The van der Waals surface area contributed by atoms with Gasteiger partial charge in [-0.3, -0.25) is 4.79 Å². The fourth-order valence-corrected chi connectivity index (χ4v) is 3.02. The van der Waals surface area contributed by atoms with Crippen molar-refractivity contribution in [1.82, 2.24) is 20.5 Å². The summed E-state index contributed by atoms with van der Waals surface area (Å²) in [4.78, 5) is 21.9. The van der Waals surface area contributed by atoms with Crippen LogP contribution < -0.4 is 10.6 Å². The van der Waals surface area contributed by atoms with Gasteiger partial charge in [-0.15, -0.1) is 11.3 Å². The maximum atomic E-state index is 12.9. The second-order valence-electron chi connectivity index (χ2n) is 6.66. The Balaban J connectivity index is 2.07. The van der Waals surface area contributed by atoms with Crippen LogP contribution in [-0.2, 0) is 17.5 Å². The van der Waals surface area contributed by atoms with E-state index in [9.17, 15) is 18.0 Å². The van der Waals surface area contributed by atoms with Crippen LogP contribution in [0, 0.1) is 0 Å². The largest absolute Gasteiger partial charge is 0.416 e. The van der Waals surface area contributed by atoms with E-state index in [1.54, 1.807) is 37.7 Å². The second-order valence-corrected chi connectivity index (χ2v) is 7.58. The number of benzene rings is 1. The summed E-state index contributed by atoms with van der Waals surface area (Å²) in [6, 6.07) is 5.04. The van der Waals surface area contributed by atoms with E-state index in [1.165, 1.54) is 11.0 Å². The van der Waals surface area contributed by atoms with Crippen molar-refractivity contribution in [3.63, 3.8) is 0 Å². The normalized spacial score (nSPS) is 13.1.